The fourth-order valence-electron chi connectivity index (χ4n) is 2.70. The Labute approximate surface area is 149 Å². The van der Waals surface area contributed by atoms with Gasteiger partial charge in [-0.3, -0.25) is 0 Å². The van der Waals surface area contributed by atoms with Crippen LogP contribution < -0.4 is 4.74 Å². The monoisotopic (exact) mass is 348 g/mol. The Hall–Kier alpha value is -3.68. The van der Waals surface area contributed by atoms with Crippen molar-refractivity contribution in [2.24, 2.45) is 5.16 Å². The van der Waals surface area contributed by atoms with E-state index < -0.39 is 0 Å². The molecule has 8 heteroatoms. The predicted octanol–water partition coefficient (Wildman–Crippen LogP) is 2.46. The molecule has 1 aliphatic heterocycles. The number of amidine groups is 1. The molecule has 0 unspecified atom stereocenters. The Kier molecular flexibility index (Phi) is 4.29. The minimum absolute atomic E-state index is 0.376. The molecule has 130 valence electrons. The SMILES string of the molecule is O/N=C(/c1cccnc1Oc1ccc(-n2cncn2)cc1)N1CC=CC1. The third-order valence-corrected chi connectivity index (χ3v) is 3.96. The lowest BCUT2D eigenvalue weighted by Gasteiger charge is -2.20. The molecule has 0 radical (unpaired) electrons. The molecule has 8 nitrogen and oxygen atoms in total. The van der Waals surface area contributed by atoms with Crippen molar-refractivity contribution in [1.82, 2.24) is 24.6 Å². The van der Waals surface area contributed by atoms with Gasteiger partial charge in [-0.25, -0.2) is 14.6 Å². The van der Waals surface area contributed by atoms with E-state index >= 15 is 0 Å². The number of benzene rings is 1. The van der Waals surface area contributed by atoms with Crippen LogP contribution in [0, 0.1) is 0 Å². The second kappa shape index (κ2) is 7.06. The molecule has 1 N–H and O–H groups in total. The van der Waals surface area contributed by atoms with Crippen molar-refractivity contribution in [3.05, 3.63) is 73.0 Å². The third kappa shape index (κ3) is 3.12. The molecule has 0 amide bonds. The van der Waals surface area contributed by atoms with Crippen molar-refractivity contribution < 1.29 is 9.94 Å². The summed E-state index contributed by atoms with van der Waals surface area (Å²) in [6.45, 7) is 1.36. The van der Waals surface area contributed by atoms with Crippen molar-refractivity contribution in [3.8, 4) is 17.3 Å². The van der Waals surface area contributed by atoms with Crippen molar-refractivity contribution >= 4 is 5.84 Å². The molecule has 0 saturated heterocycles. The smallest absolute Gasteiger partial charge is 0.230 e. The highest BCUT2D eigenvalue weighted by Crippen LogP contribution is 2.25. The molecule has 0 aliphatic carbocycles. The number of oxime groups is 1. The Bertz CT molecular complexity index is 927. The maximum absolute atomic E-state index is 9.49. The molecule has 4 rings (SSSR count). The fourth-order valence-corrected chi connectivity index (χ4v) is 2.70. The van der Waals surface area contributed by atoms with Crippen LogP contribution in [-0.2, 0) is 0 Å². The van der Waals surface area contributed by atoms with Crippen LogP contribution in [0.15, 0.2) is 72.6 Å². The highest BCUT2D eigenvalue weighted by atomic mass is 16.5. The van der Waals surface area contributed by atoms with E-state index in [1.807, 2.05) is 47.4 Å². The number of hydrogen-bond acceptors (Lipinski definition) is 6. The van der Waals surface area contributed by atoms with Crippen LogP contribution in [0.1, 0.15) is 5.56 Å². The second-order valence-electron chi connectivity index (χ2n) is 5.59. The van der Waals surface area contributed by atoms with Gasteiger partial charge in [-0.05, 0) is 36.4 Å². The summed E-state index contributed by atoms with van der Waals surface area (Å²) >= 11 is 0. The van der Waals surface area contributed by atoms with E-state index in [0.717, 1.165) is 5.69 Å². The number of nitrogens with zero attached hydrogens (tertiary/aromatic N) is 6. The number of aromatic nitrogens is 4. The highest BCUT2D eigenvalue weighted by Gasteiger charge is 2.20. The van der Waals surface area contributed by atoms with Gasteiger partial charge >= 0.3 is 0 Å². The Morgan fingerprint density at radius 3 is 2.62 bits per heavy atom. The van der Waals surface area contributed by atoms with E-state index in [1.165, 1.54) is 6.33 Å². The molecule has 0 spiro atoms. The average Bonchev–Trinajstić information content (AvgIpc) is 3.39. The summed E-state index contributed by atoms with van der Waals surface area (Å²) in [5.74, 6) is 1.42. The minimum Gasteiger partial charge on any atom is -0.438 e. The normalized spacial score (nSPS) is 14.0. The van der Waals surface area contributed by atoms with Crippen LogP contribution >= 0.6 is 0 Å². The quantitative estimate of drug-likeness (QED) is 0.256. The molecule has 0 fully saturated rings. The first-order valence-electron chi connectivity index (χ1n) is 8.05. The molecular formula is C18H16N6O2. The maximum atomic E-state index is 9.49. The first kappa shape index (κ1) is 15.8. The van der Waals surface area contributed by atoms with Crippen molar-refractivity contribution in [2.45, 2.75) is 0 Å². The summed E-state index contributed by atoms with van der Waals surface area (Å²) in [5, 5.41) is 17.0. The molecule has 26 heavy (non-hydrogen) atoms. The van der Waals surface area contributed by atoms with E-state index in [9.17, 15) is 5.21 Å². The van der Waals surface area contributed by atoms with E-state index in [4.69, 9.17) is 4.74 Å². The first-order chi connectivity index (χ1) is 12.8. The summed E-state index contributed by atoms with van der Waals surface area (Å²) in [5.41, 5.74) is 1.50. The van der Waals surface area contributed by atoms with Gasteiger partial charge in [0.25, 0.3) is 0 Å². The Morgan fingerprint density at radius 2 is 1.92 bits per heavy atom. The van der Waals surface area contributed by atoms with Crippen molar-refractivity contribution in [3.63, 3.8) is 0 Å². The summed E-state index contributed by atoms with van der Waals surface area (Å²) in [7, 11) is 0. The third-order valence-electron chi connectivity index (χ3n) is 3.96. The van der Waals surface area contributed by atoms with Gasteiger partial charge in [0.2, 0.25) is 5.88 Å². The summed E-state index contributed by atoms with van der Waals surface area (Å²) in [4.78, 5) is 10.2. The molecule has 0 atom stereocenters. The van der Waals surface area contributed by atoms with Crippen molar-refractivity contribution in [1.29, 1.82) is 0 Å². The molecule has 3 aromatic rings. The summed E-state index contributed by atoms with van der Waals surface area (Å²) in [6, 6.07) is 11.0. The highest BCUT2D eigenvalue weighted by molar-refractivity contribution is 6.00. The number of rotatable bonds is 4. The second-order valence-corrected chi connectivity index (χ2v) is 5.59. The van der Waals surface area contributed by atoms with Gasteiger partial charge in [0.1, 0.15) is 18.4 Å². The number of hydrogen-bond donors (Lipinski definition) is 1. The first-order valence-corrected chi connectivity index (χ1v) is 8.05. The zero-order chi connectivity index (χ0) is 17.8. The largest absolute Gasteiger partial charge is 0.438 e. The van der Waals surface area contributed by atoms with Gasteiger partial charge in [0.05, 0.1) is 11.3 Å². The molecule has 0 saturated carbocycles. The predicted molar refractivity (Wildman–Crippen MR) is 94.7 cm³/mol. The average molecular weight is 348 g/mol. The number of ether oxygens (including phenoxy) is 1. The molecule has 3 heterocycles. The molecule has 2 aromatic heterocycles. The Morgan fingerprint density at radius 1 is 1.12 bits per heavy atom. The lowest BCUT2D eigenvalue weighted by molar-refractivity contribution is 0.307. The van der Waals surface area contributed by atoms with Crippen LogP contribution in [0.2, 0.25) is 0 Å². The molecular weight excluding hydrogens is 332 g/mol. The van der Waals surface area contributed by atoms with E-state index in [-0.39, 0.29) is 0 Å². The van der Waals surface area contributed by atoms with Gasteiger partial charge in [-0.2, -0.15) is 5.10 Å². The standard InChI is InChI=1S/C18H16N6O2/c25-22-17(23-10-1-2-11-23)16-4-3-9-20-18(16)26-15-7-5-14(6-8-15)24-13-19-12-21-24/h1-9,12-13,25H,10-11H2/b22-17-. The van der Waals surface area contributed by atoms with E-state index in [0.29, 0.717) is 36.1 Å². The van der Waals surface area contributed by atoms with Gasteiger partial charge in [-0.15, -0.1) is 0 Å². The van der Waals surface area contributed by atoms with Crippen LogP contribution in [0.5, 0.6) is 11.6 Å². The van der Waals surface area contributed by atoms with Crippen LogP contribution in [-0.4, -0.2) is 48.8 Å². The van der Waals surface area contributed by atoms with E-state index in [2.05, 4.69) is 20.2 Å². The maximum Gasteiger partial charge on any atom is 0.230 e. The van der Waals surface area contributed by atoms with E-state index in [1.54, 1.807) is 23.3 Å². The molecule has 1 aliphatic rings. The topological polar surface area (TPSA) is 88.7 Å². The van der Waals surface area contributed by atoms with Crippen LogP contribution in [0.3, 0.4) is 0 Å². The van der Waals surface area contributed by atoms with Gasteiger partial charge in [0, 0.05) is 19.3 Å². The molecule has 1 aromatic carbocycles. The lowest BCUT2D eigenvalue weighted by atomic mass is 10.2. The van der Waals surface area contributed by atoms with Gasteiger partial charge in [-0.1, -0.05) is 17.3 Å². The summed E-state index contributed by atoms with van der Waals surface area (Å²) in [6.07, 6.45) is 8.78. The Balaban J connectivity index is 1.59. The zero-order valence-electron chi connectivity index (χ0n) is 13.8. The number of pyridine rings is 1. The van der Waals surface area contributed by atoms with Gasteiger partial charge in [0.15, 0.2) is 5.84 Å². The summed E-state index contributed by atoms with van der Waals surface area (Å²) < 4.78 is 7.59. The van der Waals surface area contributed by atoms with Gasteiger partial charge < -0.3 is 14.8 Å². The van der Waals surface area contributed by atoms with Crippen LogP contribution in [0.4, 0.5) is 0 Å². The fraction of sp³-hybridized carbons (Fsp3) is 0.111. The van der Waals surface area contributed by atoms with Crippen LogP contribution in [0.25, 0.3) is 5.69 Å². The minimum atomic E-state index is 0.376. The zero-order valence-corrected chi connectivity index (χ0v) is 13.8. The lowest BCUT2D eigenvalue weighted by Crippen LogP contribution is -2.29. The molecule has 0 bridgehead atoms. The van der Waals surface area contributed by atoms with Crippen molar-refractivity contribution in [2.75, 3.05) is 13.1 Å².